The van der Waals surface area contributed by atoms with Gasteiger partial charge < -0.3 is 14.2 Å². The first-order valence-corrected chi connectivity index (χ1v) is 10.6. The number of benzene rings is 1. The third-order valence-electron chi connectivity index (χ3n) is 5.83. The number of ether oxygens (including phenoxy) is 1. The summed E-state index contributed by atoms with van der Waals surface area (Å²) in [6.07, 6.45) is 5.76. The van der Waals surface area contributed by atoms with Crippen molar-refractivity contribution in [2.45, 2.75) is 45.7 Å². The van der Waals surface area contributed by atoms with Gasteiger partial charge in [-0.25, -0.2) is 4.98 Å². The molecule has 1 saturated heterocycles. The number of carbonyl (C=O) groups excluding carboxylic acids is 1. The van der Waals surface area contributed by atoms with Crippen molar-refractivity contribution in [1.82, 2.24) is 24.2 Å². The molecule has 0 spiro atoms. The number of nitrogens with zero attached hydrogens (tertiary/aromatic N) is 5. The van der Waals surface area contributed by atoms with Crippen LogP contribution in [0.3, 0.4) is 0 Å². The van der Waals surface area contributed by atoms with Crippen LogP contribution in [0.5, 0.6) is 5.75 Å². The summed E-state index contributed by atoms with van der Waals surface area (Å²) in [4.78, 5) is 19.6. The molecular weight excluding hydrogens is 378 g/mol. The van der Waals surface area contributed by atoms with Crippen LogP contribution in [0.2, 0.25) is 0 Å². The highest BCUT2D eigenvalue weighted by Crippen LogP contribution is 2.28. The molecule has 0 radical (unpaired) electrons. The van der Waals surface area contributed by atoms with Crippen LogP contribution in [0.15, 0.2) is 42.7 Å². The van der Waals surface area contributed by atoms with Gasteiger partial charge in [-0.1, -0.05) is 12.1 Å². The molecule has 30 heavy (non-hydrogen) atoms. The van der Waals surface area contributed by atoms with Crippen molar-refractivity contribution in [2.75, 3.05) is 20.2 Å². The first kappa shape index (κ1) is 20.2. The summed E-state index contributed by atoms with van der Waals surface area (Å²) in [6.45, 7) is 6.91. The van der Waals surface area contributed by atoms with Crippen LogP contribution in [0, 0.1) is 6.92 Å². The van der Waals surface area contributed by atoms with E-state index >= 15 is 0 Å². The van der Waals surface area contributed by atoms with Gasteiger partial charge in [0.05, 0.1) is 12.8 Å². The molecule has 0 bridgehead atoms. The Balaban J connectivity index is 1.41. The van der Waals surface area contributed by atoms with Gasteiger partial charge in [0, 0.05) is 44.5 Å². The number of likely N-dealkylation sites (tertiary alicyclic amines) is 1. The second kappa shape index (κ2) is 8.73. The maximum absolute atomic E-state index is 13.0. The molecule has 4 rings (SSSR count). The van der Waals surface area contributed by atoms with E-state index in [1.165, 1.54) is 5.56 Å². The van der Waals surface area contributed by atoms with Crippen LogP contribution in [-0.2, 0) is 13.1 Å². The normalized spacial score (nSPS) is 14.8. The van der Waals surface area contributed by atoms with Crippen LogP contribution >= 0.6 is 0 Å². The maximum Gasteiger partial charge on any atom is 0.272 e. The number of methoxy groups -OCH3 is 1. The van der Waals surface area contributed by atoms with Crippen molar-refractivity contribution >= 4 is 5.91 Å². The van der Waals surface area contributed by atoms with E-state index in [2.05, 4.69) is 26.8 Å². The van der Waals surface area contributed by atoms with Crippen molar-refractivity contribution < 1.29 is 9.53 Å². The van der Waals surface area contributed by atoms with Crippen LogP contribution in [-0.4, -0.2) is 50.3 Å². The molecule has 3 heterocycles. The standard InChI is InChI=1S/C23H29N5O2/c1-4-28-21(15-17(2)25-28)23(29)26-12-9-19(10-13-26)22-24-11-14-27(22)16-18-5-7-20(30-3)8-6-18/h5-8,11,14-15,19H,4,9-10,12-13,16H2,1-3H3. The third kappa shape index (κ3) is 4.10. The van der Waals surface area contributed by atoms with Gasteiger partial charge in [-0.05, 0) is 50.5 Å². The molecule has 0 aliphatic carbocycles. The number of aromatic nitrogens is 4. The smallest absolute Gasteiger partial charge is 0.272 e. The largest absolute Gasteiger partial charge is 0.497 e. The van der Waals surface area contributed by atoms with E-state index in [9.17, 15) is 4.79 Å². The van der Waals surface area contributed by atoms with Gasteiger partial charge in [-0.3, -0.25) is 9.48 Å². The highest BCUT2D eigenvalue weighted by molar-refractivity contribution is 5.92. The molecule has 0 N–H and O–H groups in total. The van der Waals surface area contributed by atoms with E-state index < -0.39 is 0 Å². The molecule has 1 aliphatic rings. The lowest BCUT2D eigenvalue weighted by Crippen LogP contribution is -2.39. The summed E-state index contributed by atoms with van der Waals surface area (Å²) in [6, 6.07) is 10.0. The number of amides is 1. The molecule has 158 valence electrons. The van der Waals surface area contributed by atoms with Gasteiger partial charge in [0.15, 0.2) is 0 Å². The summed E-state index contributed by atoms with van der Waals surface area (Å²) in [5.74, 6) is 2.41. The molecule has 1 amide bonds. The van der Waals surface area contributed by atoms with Gasteiger partial charge in [0.25, 0.3) is 5.91 Å². The molecule has 7 heteroatoms. The topological polar surface area (TPSA) is 65.2 Å². The molecule has 0 saturated carbocycles. The Bertz CT molecular complexity index is 997. The number of aryl methyl sites for hydroxylation is 2. The zero-order valence-corrected chi connectivity index (χ0v) is 17.9. The quantitative estimate of drug-likeness (QED) is 0.627. The number of carbonyl (C=O) groups is 1. The zero-order valence-electron chi connectivity index (χ0n) is 17.9. The second-order valence-corrected chi connectivity index (χ2v) is 7.81. The summed E-state index contributed by atoms with van der Waals surface area (Å²) in [5, 5.41) is 4.41. The Morgan fingerprint density at radius 2 is 1.93 bits per heavy atom. The van der Waals surface area contributed by atoms with Crippen molar-refractivity contribution in [1.29, 1.82) is 0 Å². The number of piperidine rings is 1. The average Bonchev–Trinajstić information content (AvgIpc) is 3.40. The Kier molecular flexibility index (Phi) is 5.88. The monoisotopic (exact) mass is 407 g/mol. The minimum absolute atomic E-state index is 0.0810. The molecule has 7 nitrogen and oxygen atoms in total. The lowest BCUT2D eigenvalue weighted by molar-refractivity contribution is 0.0698. The minimum atomic E-state index is 0.0810. The fourth-order valence-corrected chi connectivity index (χ4v) is 4.20. The maximum atomic E-state index is 13.0. The highest BCUT2D eigenvalue weighted by Gasteiger charge is 2.28. The van der Waals surface area contributed by atoms with Crippen molar-refractivity contribution in [3.63, 3.8) is 0 Å². The minimum Gasteiger partial charge on any atom is -0.497 e. The van der Waals surface area contributed by atoms with Crippen molar-refractivity contribution in [3.8, 4) is 5.75 Å². The van der Waals surface area contributed by atoms with E-state index in [1.54, 1.807) is 11.8 Å². The predicted molar refractivity (Wildman–Crippen MR) is 115 cm³/mol. The van der Waals surface area contributed by atoms with Gasteiger partial charge in [0.1, 0.15) is 17.3 Å². The summed E-state index contributed by atoms with van der Waals surface area (Å²) >= 11 is 0. The van der Waals surface area contributed by atoms with Crippen molar-refractivity contribution in [2.24, 2.45) is 0 Å². The Hall–Kier alpha value is -3.09. The van der Waals surface area contributed by atoms with E-state index in [1.807, 2.05) is 49.3 Å². The number of hydrogen-bond acceptors (Lipinski definition) is 4. The van der Waals surface area contributed by atoms with Gasteiger partial charge in [-0.15, -0.1) is 0 Å². The summed E-state index contributed by atoms with van der Waals surface area (Å²) in [7, 11) is 1.68. The third-order valence-corrected chi connectivity index (χ3v) is 5.83. The van der Waals surface area contributed by atoms with E-state index in [0.29, 0.717) is 18.2 Å². The first-order valence-electron chi connectivity index (χ1n) is 10.6. The lowest BCUT2D eigenvalue weighted by atomic mass is 9.95. The Morgan fingerprint density at radius 1 is 1.20 bits per heavy atom. The Labute approximate surface area is 177 Å². The summed E-state index contributed by atoms with van der Waals surface area (Å²) < 4.78 is 9.26. The molecule has 3 aromatic rings. The average molecular weight is 408 g/mol. The molecule has 1 fully saturated rings. The predicted octanol–water partition coefficient (Wildman–Crippen LogP) is 3.48. The van der Waals surface area contributed by atoms with Gasteiger partial charge in [0.2, 0.25) is 0 Å². The van der Waals surface area contributed by atoms with Crippen LogP contribution in [0.25, 0.3) is 0 Å². The van der Waals surface area contributed by atoms with Crippen LogP contribution < -0.4 is 4.74 Å². The molecule has 1 aliphatic heterocycles. The number of rotatable bonds is 6. The van der Waals surface area contributed by atoms with E-state index in [0.717, 1.165) is 49.7 Å². The van der Waals surface area contributed by atoms with E-state index in [4.69, 9.17) is 4.74 Å². The van der Waals surface area contributed by atoms with Gasteiger partial charge >= 0.3 is 0 Å². The molecule has 1 aromatic carbocycles. The van der Waals surface area contributed by atoms with Crippen LogP contribution in [0.4, 0.5) is 0 Å². The second-order valence-electron chi connectivity index (χ2n) is 7.81. The zero-order chi connectivity index (χ0) is 21.1. The fraction of sp³-hybridized carbons (Fsp3) is 0.435. The summed E-state index contributed by atoms with van der Waals surface area (Å²) in [5.41, 5.74) is 2.79. The lowest BCUT2D eigenvalue weighted by Gasteiger charge is -2.32. The molecule has 0 unspecified atom stereocenters. The fourth-order valence-electron chi connectivity index (χ4n) is 4.20. The van der Waals surface area contributed by atoms with E-state index in [-0.39, 0.29) is 5.91 Å². The van der Waals surface area contributed by atoms with Gasteiger partial charge in [-0.2, -0.15) is 5.10 Å². The SMILES string of the molecule is CCn1nc(C)cc1C(=O)N1CCC(c2nccn2Cc2ccc(OC)cc2)CC1. The molecule has 2 aromatic heterocycles. The van der Waals surface area contributed by atoms with Crippen LogP contribution in [0.1, 0.15) is 53.3 Å². The Morgan fingerprint density at radius 3 is 2.60 bits per heavy atom. The van der Waals surface area contributed by atoms with Crippen molar-refractivity contribution in [3.05, 3.63) is 65.5 Å². The number of hydrogen-bond donors (Lipinski definition) is 0. The molecular formula is C23H29N5O2. The first-order chi connectivity index (χ1) is 14.6. The highest BCUT2D eigenvalue weighted by atomic mass is 16.5. The molecule has 0 atom stereocenters. The number of imidazole rings is 1.